The Labute approximate surface area is 157 Å². The van der Waals surface area contributed by atoms with Crippen LogP contribution in [0.2, 0.25) is 0 Å². The number of hydrogen-bond acceptors (Lipinski definition) is 2. The average molecular weight is 354 g/mol. The molecule has 2 atom stereocenters. The van der Waals surface area contributed by atoms with Gasteiger partial charge in [-0.25, -0.2) is 0 Å². The lowest BCUT2D eigenvalue weighted by Crippen LogP contribution is -2.39. The third kappa shape index (κ3) is 4.87. The van der Waals surface area contributed by atoms with Crippen molar-refractivity contribution in [3.63, 3.8) is 0 Å². The summed E-state index contributed by atoms with van der Waals surface area (Å²) < 4.78 is 5.92. The molecule has 0 fully saturated rings. The lowest BCUT2D eigenvalue weighted by molar-refractivity contribution is -0.128. The molecule has 0 saturated carbocycles. The Bertz CT molecular complexity index is 750. The fourth-order valence-corrected chi connectivity index (χ4v) is 3.12. The van der Waals surface area contributed by atoms with Gasteiger partial charge in [0, 0.05) is 0 Å². The van der Waals surface area contributed by atoms with E-state index in [4.69, 9.17) is 4.74 Å². The van der Waals surface area contributed by atoms with Crippen molar-refractivity contribution in [3.05, 3.63) is 64.2 Å². The summed E-state index contributed by atoms with van der Waals surface area (Å²) in [5.41, 5.74) is 6.13. The van der Waals surface area contributed by atoms with Gasteiger partial charge in [0.2, 0.25) is 0 Å². The minimum Gasteiger partial charge on any atom is -0.481 e. The van der Waals surface area contributed by atoms with Gasteiger partial charge < -0.3 is 10.1 Å². The topological polar surface area (TPSA) is 38.3 Å². The van der Waals surface area contributed by atoms with Crippen molar-refractivity contribution >= 4 is 5.91 Å². The first-order valence-corrected chi connectivity index (χ1v) is 9.49. The number of amides is 1. The first kappa shape index (κ1) is 20.0. The second-order valence-electron chi connectivity index (χ2n) is 7.04. The summed E-state index contributed by atoms with van der Waals surface area (Å²) >= 11 is 0. The third-order valence-corrected chi connectivity index (χ3v) is 4.98. The Kier molecular flexibility index (Phi) is 6.84. The smallest absolute Gasteiger partial charge is 0.261 e. The summed E-state index contributed by atoms with van der Waals surface area (Å²) in [5, 5.41) is 3.11. The Morgan fingerprint density at radius 1 is 1.00 bits per heavy atom. The van der Waals surface area contributed by atoms with E-state index in [9.17, 15) is 4.79 Å². The SMILES string of the molecule is CCc1ccc(O[C@H](CC)C(=O)N[C@H](C)c2cc(C)c(C)cc2C)cc1. The molecule has 0 heterocycles. The molecule has 0 spiro atoms. The molecule has 0 saturated heterocycles. The summed E-state index contributed by atoms with van der Waals surface area (Å²) in [6.45, 7) is 12.4. The van der Waals surface area contributed by atoms with Gasteiger partial charge in [0.05, 0.1) is 6.04 Å². The van der Waals surface area contributed by atoms with Gasteiger partial charge in [-0.3, -0.25) is 4.79 Å². The molecule has 0 radical (unpaired) electrons. The number of carbonyl (C=O) groups is 1. The Morgan fingerprint density at radius 3 is 2.19 bits per heavy atom. The highest BCUT2D eigenvalue weighted by atomic mass is 16.5. The minimum absolute atomic E-state index is 0.0538. The van der Waals surface area contributed by atoms with Crippen molar-refractivity contribution in [2.24, 2.45) is 0 Å². The first-order valence-electron chi connectivity index (χ1n) is 9.49. The van der Waals surface area contributed by atoms with Gasteiger partial charge in [0.25, 0.3) is 5.91 Å². The molecular formula is C23H31NO2. The molecule has 0 aliphatic heterocycles. The third-order valence-electron chi connectivity index (χ3n) is 4.98. The molecule has 1 N–H and O–H groups in total. The molecule has 3 heteroatoms. The van der Waals surface area contributed by atoms with Crippen LogP contribution in [0.3, 0.4) is 0 Å². The van der Waals surface area contributed by atoms with E-state index in [2.05, 4.69) is 45.1 Å². The second kappa shape index (κ2) is 8.88. The lowest BCUT2D eigenvalue weighted by Gasteiger charge is -2.22. The number of aryl methyl sites for hydroxylation is 4. The number of carbonyl (C=O) groups excluding carboxylic acids is 1. The molecule has 0 unspecified atom stereocenters. The van der Waals surface area contributed by atoms with E-state index in [-0.39, 0.29) is 11.9 Å². The average Bonchev–Trinajstić information content (AvgIpc) is 2.62. The van der Waals surface area contributed by atoms with Crippen molar-refractivity contribution in [1.82, 2.24) is 5.32 Å². The molecule has 2 aromatic rings. The van der Waals surface area contributed by atoms with Crippen LogP contribution in [0.15, 0.2) is 36.4 Å². The normalized spacial score (nSPS) is 13.2. The zero-order chi connectivity index (χ0) is 19.3. The zero-order valence-electron chi connectivity index (χ0n) is 16.8. The monoisotopic (exact) mass is 353 g/mol. The number of hydrogen-bond donors (Lipinski definition) is 1. The van der Waals surface area contributed by atoms with Crippen molar-refractivity contribution < 1.29 is 9.53 Å². The number of ether oxygens (including phenoxy) is 1. The van der Waals surface area contributed by atoms with Crippen LogP contribution in [0.5, 0.6) is 5.75 Å². The van der Waals surface area contributed by atoms with E-state index < -0.39 is 6.10 Å². The van der Waals surface area contributed by atoms with Gasteiger partial charge in [-0.1, -0.05) is 38.1 Å². The van der Waals surface area contributed by atoms with E-state index >= 15 is 0 Å². The molecule has 0 aliphatic carbocycles. The fourth-order valence-electron chi connectivity index (χ4n) is 3.12. The van der Waals surface area contributed by atoms with Gasteiger partial charge in [0.1, 0.15) is 5.75 Å². The summed E-state index contributed by atoms with van der Waals surface area (Å²) in [6, 6.07) is 12.2. The number of benzene rings is 2. The molecule has 26 heavy (non-hydrogen) atoms. The summed E-state index contributed by atoms with van der Waals surface area (Å²) in [7, 11) is 0. The molecular weight excluding hydrogens is 322 g/mol. The van der Waals surface area contributed by atoms with Crippen LogP contribution in [-0.4, -0.2) is 12.0 Å². The fraction of sp³-hybridized carbons (Fsp3) is 0.435. The largest absolute Gasteiger partial charge is 0.481 e. The summed E-state index contributed by atoms with van der Waals surface area (Å²) in [6.07, 6.45) is 1.13. The second-order valence-corrected chi connectivity index (χ2v) is 7.04. The van der Waals surface area contributed by atoms with E-state index in [1.807, 2.05) is 38.1 Å². The van der Waals surface area contributed by atoms with Crippen LogP contribution in [0.25, 0.3) is 0 Å². The van der Waals surface area contributed by atoms with Crippen LogP contribution < -0.4 is 10.1 Å². The maximum Gasteiger partial charge on any atom is 0.261 e. The Morgan fingerprint density at radius 2 is 1.62 bits per heavy atom. The first-order chi connectivity index (χ1) is 12.3. The predicted octanol–water partition coefficient (Wildman–Crippen LogP) is 5.21. The van der Waals surface area contributed by atoms with Crippen LogP contribution in [-0.2, 0) is 11.2 Å². The van der Waals surface area contributed by atoms with Crippen molar-refractivity contribution in [1.29, 1.82) is 0 Å². The standard InChI is InChI=1S/C23H31NO2/c1-7-19-9-11-20(12-10-19)26-22(8-2)23(25)24-18(6)21-14-16(4)15(3)13-17(21)5/h9-14,18,22H,7-8H2,1-6H3,(H,24,25)/t18-,22-/m1/s1. The summed E-state index contributed by atoms with van der Waals surface area (Å²) in [5.74, 6) is 0.663. The van der Waals surface area contributed by atoms with Crippen LogP contribution in [0, 0.1) is 20.8 Å². The Balaban J connectivity index is 2.07. The maximum absolute atomic E-state index is 12.7. The minimum atomic E-state index is -0.489. The van der Waals surface area contributed by atoms with Crippen LogP contribution >= 0.6 is 0 Å². The predicted molar refractivity (Wildman–Crippen MR) is 108 cm³/mol. The van der Waals surface area contributed by atoms with Crippen LogP contribution in [0.4, 0.5) is 0 Å². The van der Waals surface area contributed by atoms with Crippen molar-refractivity contribution in [2.45, 2.75) is 66.5 Å². The van der Waals surface area contributed by atoms with Crippen molar-refractivity contribution in [2.75, 3.05) is 0 Å². The van der Waals surface area contributed by atoms with E-state index in [1.54, 1.807) is 0 Å². The highest BCUT2D eigenvalue weighted by molar-refractivity contribution is 5.81. The highest BCUT2D eigenvalue weighted by Crippen LogP contribution is 2.22. The highest BCUT2D eigenvalue weighted by Gasteiger charge is 2.21. The maximum atomic E-state index is 12.7. The molecule has 0 aliphatic rings. The zero-order valence-corrected chi connectivity index (χ0v) is 16.8. The van der Waals surface area contributed by atoms with Gasteiger partial charge >= 0.3 is 0 Å². The molecule has 2 aromatic carbocycles. The molecule has 3 nitrogen and oxygen atoms in total. The quantitative estimate of drug-likeness (QED) is 0.742. The van der Waals surface area contributed by atoms with Gasteiger partial charge in [-0.05, 0) is 80.5 Å². The lowest BCUT2D eigenvalue weighted by atomic mass is 9.96. The molecule has 0 aromatic heterocycles. The molecule has 2 rings (SSSR count). The van der Waals surface area contributed by atoms with E-state index in [0.717, 1.165) is 17.7 Å². The molecule has 0 bridgehead atoms. The number of nitrogens with one attached hydrogen (secondary N) is 1. The molecule has 1 amide bonds. The van der Waals surface area contributed by atoms with Gasteiger partial charge in [-0.15, -0.1) is 0 Å². The number of rotatable bonds is 7. The van der Waals surface area contributed by atoms with Gasteiger partial charge in [-0.2, -0.15) is 0 Å². The summed E-state index contributed by atoms with van der Waals surface area (Å²) in [4.78, 5) is 12.7. The van der Waals surface area contributed by atoms with Crippen LogP contribution in [0.1, 0.15) is 61.1 Å². The molecule has 140 valence electrons. The van der Waals surface area contributed by atoms with Crippen molar-refractivity contribution in [3.8, 4) is 5.75 Å². The van der Waals surface area contributed by atoms with E-state index in [0.29, 0.717) is 6.42 Å². The van der Waals surface area contributed by atoms with Gasteiger partial charge in [0.15, 0.2) is 6.10 Å². The Hall–Kier alpha value is -2.29. The van der Waals surface area contributed by atoms with E-state index in [1.165, 1.54) is 22.3 Å².